The molecule has 0 saturated carbocycles. The fraction of sp³-hybridized carbons (Fsp3) is 0. The molecule has 0 unspecified atom stereocenters. The maximum atomic E-state index is 12.3. The first kappa shape index (κ1) is 7.47. The van der Waals surface area contributed by atoms with Crippen LogP contribution in [0.1, 0.15) is 0 Å². The molecule has 0 atom stereocenters. The van der Waals surface area contributed by atoms with Crippen LogP contribution in [0.15, 0.2) is 17.0 Å². The van der Waals surface area contributed by atoms with Crippen molar-refractivity contribution in [3.05, 3.63) is 29.6 Å². The highest BCUT2D eigenvalue weighted by molar-refractivity contribution is 7.80. The topological polar surface area (TPSA) is 0 Å². The van der Waals surface area contributed by atoms with E-state index in [2.05, 4.69) is 12.6 Å². The molecule has 0 aliphatic heterocycles. The van der Waals surface area contributed by atoms with E-state index in [1.54, 1.807) is 0 Å². The standard InChI is InChI=1S/C6H3F3S/c7-3-1-4(8)6(10)5(9)2-3/h1-2,10H. The van der Waals surface area contributed by atoms with Gasteiger partial charge in [-0.3, -0.25) is 0 Å². The van der Waals surface area contributed by atoms with Crippen LogP contribution in [0.4, 0.5) is 13.2 Å². The highest BCUT2D eigenvalue weighted by Crippen LogP contribution is 2.17. The van der Waals surface area contributed by atoms with Crippen molar-refractivity contribution in [2.45, 2.75) is 4.90 Å². The number of hydrogen-bond acceptors (Lipinski definition) is 1. The lowest BCUT2D eigenvalue weighted by Gasteiger charge is -1.95. The van der Waals surface area contributed by atoms with Crippen LogP contribution in [0.5, 0.6) is 0 Å². The summed E-state index contributed by atoms with van der Waals surface area (Å²) in [6, 6.07) is 1.15. The second-order valence-electron chi connectivity index (χ2n) is 1.72. The molecule has 0 bridgehead atoms. The number of rotatable bonds is 0. The van der Waals surface area contributed by atoms with E-state index in [1.165, 1.54) is 0 Å². The smallest absolute Gasteiger partial charge is 0.142 e. The molecule has 4 heteroatoms. The SMILES string of the molecule is Fc1cc(F)c(S)c(F)c1. The molecule has 54 valence electrons. The summed E-state index contributed by atoms with van der Waals surface area (Å²) >= 11 is 3.44. The van der Waals surface area contributed by atoms with Crippen LogP contribution >= 0.6 is 12.6 Å². The van der Waals surface area contributed by atoms with E-state index in [0.717, 1.165) is 0 Å². The Balaban J connectivity index is 3.31. The maximum absolute atomic E-state index is 12.3. The van der Waals surface area contributed by atoms with Gasteiger partial charge in [0.1, 0.15) is 17.5 Å². The van der Waals surface area contributed by atoms with E-state index in [4.69, 9.17) is 0 Å². The molecule has 0 N–H and O–H groups in total. The lowest BCUT2D eigenvalue weighted by molar-refractivity contribution is 0.511. The van der Waals surface area contributed by atoms with Crippen LogP contribution in [-0.2, 0) is 0 Å². The monoisotopic (exact) mass is 164 g/mol. The Labute approximate surface area is 61.1 Å². The molecule has 0 spiro atoms. The predicted octanol–water partition coefficient (Wildman–Crippen LogP) is 2.39. The van der Waals surface area contributed by atoms with Crippen molar-refractivity contribution in [2.75, 3.05) is 0 Å². The zero-order valence-electron chi connectivity index (χ0n) is 4.74. The molecule has 1 aromatic rings. The molecule has 1 aromatic carbocycles. The third-order valence-corrected chi connectivity index (χ3v) is 1.41. The molecule has 10 heavy (non-hydrogen) atoms. The summed E-state index contributed by atoms with van der Waals surface area (Å²) in [6.07, 6.45) is 0. The van der Waals surface area contributed by atoms with Gasteiger partial charge in [0.25, 0.3) is 0 Å². The molecule has 0 aliphatic rings. The molecule has 0 amide bonds. The van der Waals surface area contributed by atoms with Gasteiger partial charge in [-0.25, -0.2) is 13.2 Å². The van der Waals surface area contributed by atoms with Crippen molar-refractivity contribution < 1.29 is 13.2 Å². The second-order valence-corrected chi connectivity index (χ2v) is 2.17. The highest BCUT2D eigenvalue weighted by Gasteiger charge is 2.06. The van der Waals surface area contributed by atoms with E-state index < -0.39 is 22.3 Å². The number of thiol groups is 1. The van der Waals surface area contributed by atoms with Gasteiger partial charge in [0, 0.05) is 12.1 Å². The fourth-order valence-electron chi connectivity index (χ4n) is 0.535. The number of benzene rings is 1. The average Bonchev–Trinajstić information content (AvgIpc) is 1.82. The summed E-state index contributed by atoms with van der Waals surface area (Å²) < 4.78 is 36.7. The second kappa shape index (κ2) is 2.54. The minimum atomic E-state index is -0.985. The van der Waals surface area contributed by atoms with E-state index in [0.29, 0.717) is 12.1 Å². The van der Waals surface area contributed by atoms with Crippen molar-refractivity contribution in [1.82, 2.24) is 0 Å². The van der Waals surface area contributed by atoms with Gasteiger partial charge in [0.15, 0.2) is 0 Å². The Morgan fingerprint density at radius 2 is 1.40 bits per heavy atom. The van der Waals surface area contributed by atoms with Crippen molar-refractivity contribution in [3.8, 4) is 0 Å². The lowest BCUT2D eigenvalue weighted by Crippen LogP contribution is -1.86. The molecule has 0 radical (unpaired) electrons. The van der Waals surface area contributed by atoms with Crippen LogP contribution in [0.25, 0.3) is 0 Å². The molecule has 0 aliphatic carbocycles. The van der Waals surface area contributed by atoms with Crippen molar-refractivity contribution >= 4 is 12.6 Å². The quantitative estimate of drug-likeness (QED) is 0.559. The Kier molecular flexibility index (Phi) is 1.89. The summed E-state index contributed by atoms with van der Waals surface area (Å²) in [6.45, 7) is 0. The van der Waals surface area contributed by atoms with Gasteiger partial charge in [-0.2, -0.15) is 0 Å². The maximum Gasteiger partial charge on any atom is 0.142 e. The minimum Gasteiger partial charge on any atom is -0.207 e. The molecule has 0 fully saturated rings. The van der Waals surface area contributed by atoms with Gasteiger partial charge < -0.3 is 0 Å². The molecule has 1 rings (SSSR count). The molecule has 0 nitrogen and oxygen atoms in total. The zero-order chi connectivity index (χ0) is 7.72. The van der Waals surface area contributed by atoms with Crippen LogP contribution in [0, 0.1) is 17.5 Å². The van der Waals surface area contributed by atoms with Gasteiger partial charge in [-0.05, 0) is 0 Å². The first-order valence-electron chi connectivity index (χ1n) is 2.45. The van der Waals surface area contributed by atoms with E-state index in [1.807, 2.05) is 0 Å². The van der Waals surface area contributed by atoms with E-state index in [-0.39, 0.29) is 0 Å². The van der Waals surface area contributed by atoms with Crippen LogP contribution in [-0.4, -0.2) is 0 Å². The normalized spacial score (nSPS) is 10.0. The molecular weight excluding hydrogens is 161 g/mol. The molecule has 0 aromatic heterocycles. The van der Waals surface area contributed by atoms with Crippen LogP contribution < -0.4 is 0 Å². The molecular formula is C6H3F3S. The first-order chi connectivity index (χ1) is 4.61. The largest absolute Gasteiger partial charge is 0.207 e. The van der Waals surface area contributed by atoms with Gasteiger partial charge in [-0.15, -0.1) is 12.6 Å². The predicted molar refractivity (Wildman–Crippen MR) is 33.6 cm³/mol. The Hall–Kier alpha value is -0.640. The Bertz CT molecular complexity index is 236. The number of halogens is 3. The zero-order valence-corrected chi connectivity index (χ0v) is 5.63. The summed E-state index contributed by atoms with van der Waals surface area (Å²) in [5, 5.41) is 0. The van der Waals surface area contributed by atoms with Crippen molar-refractivity contribution in [1.29, 1.82) is 0 Å². The summed E-state index contributed by atoms with van der Waals surface area (Å²) in [7, 11) is 0. The van der Waals surface area contributed by atoms with E-state index >= 15 is 0 Å². The lowest BCUT2D eigenvalue weighted by atomic mass is 10.3. The summed E-state index contributed by atoms with van der Waals surface area (Å²) in [5.41, 5.74) is 0. The van der Waals surface area contributed by atoms with Crippen molar-refractivity contribution in [3.63, 3.8) is 0 Å². The van der Waals surface area contributed by atoms with Gasteiger partial charge >= 0.3 is 0 Å². The third kappa shape index (κ3) is 1.26. The van der Waals surface area contributed by atoms with Gasteiger partial charge in [0.2, 0.25) is 0 Å². The summed E-state index contributed by atoms with van der Waals surface area (Å²) in [5.74, 6) is -2.91. The highest BCUT2D eigenvalue weighted by atomic mass is 32.1. The Morgan fingerprint density at radius 3 is 1.80 bits per heavy atom. The van der Waals surface area contributed by atoms with E-state index in [9.17, 15) is 13.2 Å². The van der Waals surface area contributed by atoms with Gasteiger partial charge in [-0.1, -0.05) is 0 Å². The molecule has 0 saturated heterocycles. The average molecular weight is 164 g/mol. The van der Waals surface area contributed by atoms with Crippen molar-refractivity contribution in [2.24, 2.45) is 0 Å². The third-order valence-electron chi connectivity index (χ3n) is 0.982. The van der Waals surface area contributed by atoms with Crippen LogP contribution in [0.3, 0.4) is 0 Å². The fourth-order valence-corrected chi connectivity index (χ4v) is 0.664. The minimum absolute atomic E-state index is 0.457. The molecule has 0 heterocycles. The summed E-state index contributed by atoms with van der Waals surface area (Å²) in [4.78, 5) is -0.457. The van der Waals surface area contributed by atoms with Crippen LogP contribution in [0.2, 0.25) is 0 Å². The van der Waals surface area contributed by atoms with Gasteiger partial charge in [0.05, 0.1) is 4.90 Å². The first-order valence-corrected chi connectivity index (χ1v) is 2.89. The Morgan fingerprint density at radius 1 is 1.00 bits per heavy atom. The number of hydrogen-bond donors (Lipinski definition) is 1.